The van der Waals surface area contributed by atoms with Gasteiger partial charge in [-0.05, 0) is 34.1 Å². The second-order valence-corrected chi connectivity index (χ2v) is 6.47. The molecule has 0 spiro atoms. The van der Waals surface area contributed by atoms with E-state index in [1.54, 1.807) is 12.1 Å². The number of halogens is 1. The van der Waals surface area contributed by atoms with E-state index < -0.39 is 10.0 Å². The third-order valence-electron chi connectivity index (χ3n) is 2.54. The number of benzene rings is 1. The molecular formula is C10H13BrN2O3S. The summed E-state index contributed by atoms with van der Waals surface area (Å²) in [5.74, 6) is 0. The molecule has 1 saturated heterocycles. The number of anilines is 1. The van der Waals surface area contributed by atoms with Crippen molar-refractivity contribution in [2.75, 3.05) is 32.0 Å². The van der Waals surface area contributed by atoms with Gasteiger partial charge in [0.1, 0.15) is 0 Å². The van der Waals surface area contributed by atoms with E-state index in [0.717, 1.165) is 0 Å². The van der Waals surface area contributed by atoms with Crippen molar-refractivity contribution in [2.45, 2.75) is 4.90 Å². The summed E-state index contributed by atoms with van der Waals surface area (Å²) in [5.41, 5.74) is 6.06. The summed E-state index contributed by atoms with van der Waals surface area (Å²) in [5, 5.41) is 0. The van der Waals surface area contributed by atoms with Gasteiger partial charge in [-0.15, -0.1) is 0 Å². The first kappa shape index (κ1) is 12.8. The Morgan fingerprint density at radius 1 is 1.29 bits per heavy atom. The van der Waals surface area contributed by atoms with Crippen LogP contribution in [0.25, 0.3) is 0 Å². The van der Waals surface area contributed by atoms with E-state index in [0.29, 0.717) is 36.5 Å². The van der Waals surface area contributed by atoms with E-state index in [1.165, 1.54) is 10.4 Å². The van der Waals surface area contributed by atoms with Crippen LogP contribution in [0.5, 0.6) is 0 Å². The van der Waals surface area contributed by atoms with E-state index in [4.69, 9.17) is 10.5 Å². The second kappa shape index (κ2) is 4.93. The fourth-order valence-corrected chi connectivity index (χ4v) is 4.01. The fourth-order valence-electron chi connectivity index (χ4n) is 1.64. The lowest BCUT2D eigenvalue weighted by molar-refractivity contribution is 0.0730. The molecule has 1 aromatic rings. The molecule has 17 heavy (non-hydrogen) atoms. The first-order valence-electron chi connectivity index (χ1n) is 5.15. The van der Waals surface area contributed by atoms with Gasteiger partial charge in [-0.25, -0.2) is 8.42 Å². The average Bonchev–Trinajstić information content (AvgIpc) is 2.33. The van der Waals surface area contributed by atoms with Crippen molar-refractivity contribution in [3.05, 3.63) is 22.7 Å². The van der Waals surface area contributed by atoms with Gasteiger partial charge in [-0.1, -0.05) is 0 Å². The van der Waals surface area contributed by atoms with Gasteiger partial charge in [0, 0.05) is 23.2 Å². The molecule has 0 saturated carbocycles. The fraction of sp³-hybridized carbons (Fsp3) is 0.400. The van der Waals surface area contributed by atoms with E-state index in [2.05, 4.69) is 15.9 Å². The minimum atomic E-state index is -3.49. The molecule has 1 aromatic carbocycles. The summed E-state index contributed by atoms with van der Waals surface area (Å²) >= 11 is 3.24. The Labute approximate surface area is 109 Å². The van der Waals surface area contributed by atoms with Crippen molar-refractivity contribution in [1.82, 2.24) is 4.31 Å². The number of morpholine rings is 1. The van der Waals surface area contributed by atoms with Gasteiger partial charge in [0.15, 0.2) is 0 Å². The zero-order chi connectivity index (χ0) is 12.5. The standard InChI is InChI=1S/C10H13BrN2O3S/c11-9-2-1-8(12)7-10(9)17(14,15)13-3-5-16-6-4-13/h1-2,7H,3-6,12H2. The summed E-state index contributed by atoms with van der Waals surface area (Å²) in [4.78, 5) is 0.208. The second-order valence-electron chi connectivity index (χ2n) is 3.71. The molecule has 0 aliphatic carbocycles. The number of nitrogens with zero attached hydrogens (tertiary/aromatic N) is 1. The summed E-state index contributed by atoms with van der Waals surface area (Å²) in [6.45, 7) is 1.62. The van der Waals surface area contributed by atoms with Crippen molar-refractivity contribution in [3.8, 4) is 0 Å². The predicted molar refractivity (Wildman–Crippen MR) is 68.1 cm³/mol. The number of ether oxygens (including phenoxy) is 1. The van der Waals surface area contributed by atoms with Crippen LogP contribution in [0, 0.1) is 0 Å². The molecule has 94 valence electrons. The normalized spacial score (nSPS) is 18.2. The summed E-state index contributed by atoms with van der Waals surface area (Å²) in [6.07, 6.45) is 0. The quantitative estimate of drug-likeness (QED) is 0.827. The Morgan fingerprint density at radius 2 is 1.94 bits per heavy atom. The van der Waals surface area contributed by atoms with Crippen molar-refractivity contribution >= 4 is 31.6 Å². The number of nitrogens with two attached hydrogens (primary N) is 1. The van der Waals surface area contributed by atoms with Crippen LogP contribution in [-0.4, -0.2) is 39.0 Å². The van der Waals surface area contributed by atoms with Gasteiger partial charge in [0.2, 0.25) is 10.0 Å². The molecule has 0 bridgehead atoms. The Bertz CT molecular complexity index is 512. The molecule has 7 heteroatoms. The van der Waals surface area contributed by atoms with Crippen molar-refractivity contribution in [2.24, 2.45) is 0 Å². The van der Waals surface area contributed by atoms with Crippen LogP contribution in [0.3, 0.4) is 0 Å². The minimum Gasteiger partial charge on any atom is -0.399 e. The van der Waals surface area contributed by atoms with Gasteiger partial charge in [0.05, 0.1) is 18.1 Å². The highest BCUT2D eigenvalue weighted by Crippen LogP contribution is 2.27. The highest BCUT2D eigenvalue weighted by molar-refractivity contribution is 9.10. The van der Waals surface area contributed by atoms with Gasteiger partial charge < -0.3 is 10.5 Å². The first-order chi connectivity index (χ1) is 8.01. The Kier molecular flexibility index (Phi) is 3.72. The lowest BCUT2D eigenvalue weighted by Crippen LogP contribution is -2.40. The largest absolute Gasteiger partial charge is 0.399 e. The van der Waals surface area contributed by atoms with Gasteiger partial charge in [-0.2, -0.15) is 4.31 Å². The molecule has 5 nitrogen and oxygen atoms in total. The third kappa shape index (κ3) is 2.62. The monoisotopic (exact) mass is 320 g/mol. The topological polar surface area (TPSA) is 72.6 Å². The highest BCUT2D eigenvalue weighted by atomic mass is 79.9. The number of sulfonamides is 1. The zero-order valence-corrected chi connectivity index (χ0v) is 11.5. The van der Waals surface area contributed by atoms with Gasteiger partial charge in [-0.3, -0.25) is 0 Å². The summed E-state index contributed by atoms with van der Waals surface area (Å²) in [6, 6.07) is 4.76. The third-order valence-corrected chi connectivity index (χ3v) is 5.44. The Hall–Kier alpha value is -0.630. The smallest absolute Gasteiger partial charge is 0.244 e. The molecule has 0 amide bonds. The lowest BCUT2D eigenvalue weighted by Gasteiger charge is -2.26. The van der Waals surface area contributed by atoms with E-state index in [1.807, 2.05) is 0 Å². The first-order valence-corrected chi connectivity index (χ1v) is 7.38. The molecule has 1 heterocycles. The van der Waals surface area contributed by atoms with Crippen molar-refractivity contribution in [1.29, 1.82) is 0 Å². The highest BCUT2D eigenvalue weighted by Gasteiger charge is 2.28. The maximum atomic E-state index is 12.3. The molecule has 2 rings (SSSR count). The van der Waals surface area contributed by atoms with Crippen LogP contribution < -0.4 is 5.73 Å². The minimum absolute atomic E-state index is 0.208. The number of hydrogen-bond acceptors (Lipinski definition) is 4. The summed E-state index contributed by atoms with van der Waals surface area (Å²) < 4.78 is 31.8. The van der Waals surface area contributed by atoms with Crippen LogP contribution in [0.2, 0.25) is 0 Å². The zero-order valence-electron chi connectivity index (χ0n) is 9.10. The van der Waals surface area contributed by atoms with Gasteiger partial charge >= 0.3 is 0 Å². The number of rotatable bonds is 2. The van der Waals surface area contributed by atoms with Crippen LogP contribution in [0.15, 0.2) is 27.6 Å². The number of nitrogen functional groups attached to an aromatic ring is 1. The Balaban J connectivity index is 2.40. The Morgan fingerprint density at radius 3 is 2.59 bits per heavy atom. The van der Waals surface area contributed by atoms with Gasteiger partial charge in [0.25, 0.3) is 0 Å². The SMILES string of the molecule is Nc1ccc(Br)c(S(=O)(=O)N2CCOCC2)c1. The van der Waals surface area contributed by atoms with E-state index in [-0.39, 0.29) is 4.90 Å². The lowest BCUT2D eigenvalue weighted by atomic mass is 10.3. The maximum Gasteiger partial charge on any atom is 0.244 e. The summed E-state index contributed by atoms with van der Waals surface area (Å²) in [7, 11) is -3.49. The van der Waals surface area contributed by atoms with Crippen LogP contribution >= 0.6 is 15.9 Å². The molecule has 2 N–H and O–H groups in total. The maximum absolute atomic E-state index is 12.3. The molecular weight excluding hydrogens is 308 g/mol. The van der Waals surface area contributed by atoms with Crippen molar-refractivity contribution in [3.63, 3.8) is 0 Å². The van der Waals surface area contributed by atoms with E-state index >= 15 is 0 Å². The van der Waals surface area contributed by atoms with Crippen LogP contribution in [-0.2, 0) is 14.8 Å². The molecule has 0 radical (unpaired) electrons. The molecule has 1 aliphatic rings. The van der Waals surface area contributed by atoms with Crippen LogP contribution in [0.1, 0.15) is 0 Å². The molecule has 0 aromatic heterocycles. The molecule has 0 atom stereocenters. The predicted octanol–water partition coefficient (Wildman–Crippen LogP) is 1.05. The van der Waals surface area contributed by atoms with E-state index in [9.17, 15) is 8.42 Å². The molecule has 0 unspecified atom stereocenters. The number of hydrogen-bond donors (Lipinski definition) is 1. The average molecular weight is 321 g/mol. The van der Waals surface area contributed by atoms with Crippen LogP contribution in [0.4, 0.5) is 5.69 Å². The molecule has 1 aliphatic heterocycles. The molecule has 1 fully saturated rings. The van der Waals surface area contributed by atoms with Crippen molar-refractivity contribution < 1.29 is 13.2 Å².